The van der Waals surface area contributed by atoms with Crippen molar-refractivity contribution in [2.75, 3.05) is 12.8 Å². The van der Waals surface area contributed by atoms with E-state index in [-0.39, 0.29) is 22.5 Å². The van der Waals surface area contributed by atoms with Gasteiger partial charge >= 0.3 is 12.1 Å². The summed E-state index contributed by atoms with van der Waals surface area (Å²) in [5.74, 6) is -0.773. The monoisotopic (exact) mass is 296 g/mol. The molecule has 0 aliphatic heterocycles. The Morgan fingerprint density at radius 2 is 1.86 bits per heavy atom. The highest BCUT2D eigenvalue weighted by molar-refractivity contribution is 5.90. The minimum absolute atomic E-state index is 0.104. The van der Waals surface area contributed by atoms with Crippen LogP contribution in [0.5, 0.6) is 0 Å². The second-order valence-electron chi connectivity index (χ2n) is 4.22. The molecule has 0 fully saturated rings. The average Bonchev–Trinajstić information content (AvgIpc) is 2.45. The Hall–Kier alpha value is -2.57. The molecule has 0 saturated heterocycles. The van der Waals surface area contributed by atoms with Crippen LogP contribution in [0, 0.1) is 0 Å². The molecule has 2 rings (SSSR count). The van der Waals surface area contributed by atoms with E-state index in [0.717, 1.165) is 12.3 Å². The van der Waals surface area contributed by atoms with Crippen LogP contribution in [0.3, 0.4) is 0 Å². The molecule has 110 valence electrons. The summed E-state index contributed by atoms with van der Waals surface area (Å²) in [6, 6.07) is 6.35. The molecule has 0 radical (unpaired) electrons. The van der Waals surface area contributed by atoms with Crippen molar-refractivity contribution in [2.45, 2.75) is 6.18 Å². The van der Waals surface area contributed by atoms with Gasteiger partial charge in [0.05, 0.1) is 18.2 Å². The Kier molecular flexibility index (Phi) is 3.84. The number of nitrogen functional groups attached to an aromatic ring is 1. The van der Waals surface area contributed by atoms with E-state index in [1.807, 2.05) is 0 Å². The Morgan fingerprint density at radius 3 is 2.38 bits per heavy atom. The van der Waals surface area contributed by atoms with E-state index in [4.69, 9.17) is 5.73 Å². The molecule has 2 N–H and O–H groups in total. The fraction of sp³-hybridized carbons (Fsp3) is 0.143. The maximum atomic E-state index is 13.0. The van der Waals surface area contributed by atoms with Gasteiger partial charge in [0.1, 0.15) is 5.82 Å². The summed E-state index contributed by atoms with van der Waals surface area (Å²) in [6.45, 7) is 0. The van der Waals surface area contributed by atoms with Crippen molar-refractivity contribution in [3.8, 4) is 11.1 Å². The van der Waals surface area contributed by atoms with Crippen LogP contribution < -0.4 is 5.73 Å². The fourth-order valence-corrected chi connectivity index (χ4v) is 1.84. The molecule has 0 bridgehead atoms. The number of nitrogens with zero attached hydrogens (tertiary/aromatic N) is 1. The Bertz CT molecular complexity index is 667. The second-order valence-corrected chi connectivity index (χ2v) is 4.22. The highest BCUT2D eigenvalue weighted by Crippen LogP contribution is 2.37. The van der Waals surface area contributed by atoms with Gasteiger partial charge in [0, 0.05) is 11.8 Å². The van der Waals surface area contributed by atoms with Crippen LogP contribution in [0.2, 0.25) is 0 Å². The maximum Gasteiger partial charge on any atom is 0.417 e. The fourth-order valence-electron chi connectivity index (χ4n) is 1.84. The van der Waals surface area contributed by atoms with Gasteiger partial charge in [-0.05, 0) is 23.8 Å². The molecular formula is C14H11F3N2O2. The number of benzene rings is 1. The molecule has 7 heteroatoms. The number of halogens is 3. The van der Waals surface area contributed by atoms with Crippen LogP contribution in [0.4, 0.5) is 19.0 Å². The number of rotatable bonds is 2. The van der Waals surface area contributed by atoms with Gasteiger partial charge < -0.3 is 10.5 Å². The van der Waals surface area contributed by atoms with Gasteiger partial charge in [-0.25, -0.2) is 9.78 Å². The number of nitrogens with two attached hydrogens (primary N) is 1. The summed E-state index contributed by atoms with van der Waals surface area (Å²) in [5, 5.41) is 0. The van der Waals surface area contributed by atoms with E-state index >= 15 is 0 Å². The molecule has 0 aliphatic carbocycles. The van der Waals surface area contributed by atoms with Gasteiger partial charge in [-0.3, -0.25) is 0 Å². The molecule has 0 saturated carbocycles. The zero-order valence-corrected chi connectivity index (χ0v) is 10.9. The first-order valence-corrected chi connectivity index (χ1v) is 5.84. The second kappa shape index (κ2) is 5.43. The van der Waals surface area contributed by atoms with E-state index in [0.29, 0.717) is 0 Å². The number of ether oxygens (including phenoxy) is 1. The van der Waals surface area contributed by atoms with Crippen molar-refractivity contribution in [2.24, 2.45) is 0 Å². The molecule has 1 aromatic heterocycles. The highest BCUT2D eigenvalue weighted by atomic mass is 19.4. The van der Waals surface area contributed by atoms with E-state index in [1.165, 1.54) is 31.4 Å². The van der Waals surface area contributed by atoms with Gasteiger partial charge in [-0.1, -0.05) is 12.1 Å². The van der Waals surface area contributed by atoms with Crippen LogP contribution in [-0.2, 0) is 10.9 Å². The third-order valence-electron chi connectivity index (χ3n) is 2.85. The normalized spacial score (nSPS) is 11.2. The molecule has 4 nitrogen and oxygen atoms in total. The number of hydrogen-bond donors (Lipinski definition) is 1. The summed E-state index contributed by atoms with van der Waals surface area (Å²) in [7, 11) is 1.22. The zero-order chi connectivity index (χ0) is 15.6. The SMILES string of the molecule is COC(=O)c1ccc(-c2cnc(N)cc2C(F)(F)F)cc1. The van der Waals surface area contributed by atoms with Gasteiger partial charge in [0.2, 0.25) is 0 Å². The van der Waals surface area contributed by atoms with Crippen molar-refractivity contribution in [1.82, 2.24) is 4.98 Å². The first-order valence-electron chi connectivity index (χ1n) is 5.84. The predicted octanol–water partition coefficient (Wildman–Crippen LogP) is 3.14. The minimum atomic E-state index is -4.55. The first kappa shape index (κ1) is 14.8. The quantitative estimate of drug-likeness (QED) is 0.865. The summed E-state index contributed by atoms with van der Waals surface area (Å²) < 4.78 is 43.6. The lowest BCUT2D eigenvalue weighted by Crippen LogP contribution is -2.09. The number of hydrogen-bond acceptors (Lipinski definition) is 4. The molecule has 1 aromatic carbocycles. The van der Waals surface area contributed by atoms with Crippen molar-refractivity contribution >= 4 is 11.8 Å². The third-order valence-corrected chi connectivity index (χ3v) is 2.85. The molecule has 1 heterocycles. The smallest absolute Gasteiger partial charge is 0.417 e. The Labute approximate surface area is 118 Å². The minimum Gasteiger partial charge on any atom is -0.465 e. The largest absolute Gasteiger partial charge is 0.465 e. The van der Waals surface area contributed by atoms with E-state index in [1.54, 1.807) is 0 Å². The molecular weight excluding hydrogens is 285 g/mol. The van der Waals surface area contributed by atoms with Crippen LogP contribution in [-0.4, -0.2) is 18.1 Å². The summed E-state index contributed by atoms with van der Waals surface area (Å²) in [5.41, 5.74) is 4.86. The lowest BCUT2D eigenvalue weighted by molar-refractivity contribution is -0.137. The predicted molar refractivity (Wildman–Crippen MR) is 70.4 cm³/mol. The summed E-state index contributed by atoms with van der Waals surface area (Å²) >= 11 is 0. The van der Waals surface area contributed by atoms with Crippen LogP contribution >= 0.6 is 0 Å². The van der Waals surface area contributed by atoms with Crippen LogP contribution in [0.25, 0.3) is 11.1 Å². The van der Waals surface area contributed by atoms with Gasteiger partial charge in [-0.15, -0.1) is 0 Å². The Morgan fingerprint density at radius 1 is 1.24 bits per heavy atom. The van der Waals surface area contributed by atoms with Gasteiger partial charge in [-0.2, -0.15) is 13.2 Å². The van der Waals surface area contributed by atoms with Crippen LogP contribution in [0.15, 0.2) is 36.5 Å². The molecule has 0 aliphatic rings. The number of pyridine rings is 1. The number of carbonyl (C=O) groups excluding carboxylic acids is 1. The number of alkyl halides is 3. The van der Waals surface area contributed by atoms with Crippen molar-refractivity contribution in [3.05, 3.63) is 47.7 Å². The topological polar surface area (TPSA) is 65.2 Å². The number of esters is 1. The molecule has 0 unspecified atom stereocenters. The maximum absolute atomic E-state index is 13.0. The average molecular weight is 296 g/mol. The Balaban J connectivity index is 2.50. The third kappa shape index (κ3) is 3.13. The first-order chi connectivity index (χ1) is 9.82. The van der Waals surface area contributed by atoms with Crippen molar-refractivity contribution < 1.29 is 22.7 Å². The number of methoxy groups -OCH3 is 1. The molecule has 21 heavy (non-hydrogen) atoms. The molecule has 2 aromatic rings. The standard InChI is InChI=1S/C14H11F3N2O2/c1-21-13(20)9-4-2-8(3-5-9)10-7-19-12(18)6-11(10)14(15,16)17/h2-7H,1H3,(H2,18,19). The van der Waals surface area contributed by atoms with E-state index in [2.05, 4.69) is 9.72 Å². The van der Waals surface area contributed by atoms with Gasteiger partial charge in [0.25, 0.3) is 0 Å². The molecule has 0 amide bonds. The van der Waals surface area contributed by atoms with Crippen molar-refractivity contribution in [3.63, 3.8) is 0 Å². The zero-order valence-electron chi connectivity index (χ0n) is 10.9. The van der Waals surface area contributed by atoms with Gasteiger partial charge in [0.15, 0.2) is 0 Å². The summed E-state index contributed by atoms with van der Waals surface area (Å²) in [4.78, 5) is 15.0. The number of anilines is 1. The number of aromatic nitrogens is 1. The van der Waals surface area contributed by atoms with E-state index < -0.39 is 17.7 Å². The molecule has 0 atom stereocenters. The van der Waals surface area contributed by atoms with Crippen molar-refractivity contribution in [1.29, 1.82) is 0 Å². The number of carbonyl (C=O) groups is 1. The van der Waals surface area contributed by atoms with E-state index in [9.17, 15) is 18.0 Å². The summed E-state index contributed by atoms with van der Waals surface area (Å²) in [6.07, 6.45) is -3.49. The molecule has 0 spiro atoms. The highest BCUT2D eigenvalue weighted by Gasteiger charge is 2.34. The lowest BCUT2D eigenvalue weighted by Gasteiger charge is -2.13. The van der Waals surface area contributed by atoms with Crippen LogP contribution in [0.1, 0.15) is 15.9 Å². The lowest BCUT2D eigenvalue weighted by atomic mass is 10.0.